The lowest BCUT2D eigenvalue weighted by atomic mass is 9.87. The summed E-state index contributed by atoms with van der Waals surface area (Å²) in [5.41, 5.74) is 2.65. The molecule has 2 aliphatic heterocycles. The number of carbonyl (C=O) groups excluding carboxylic acids is 2. The lowest BCUT2D eigenvalue weighted by Crippen LogP contribution is -2.48. The largest absolute Gasteiger partial charge is 0.377 e. The normalized spacial score (nSPS) is 24.4. The van der Waals surface area contributed by atoms with E-state index in [0.29, 0.717) is 24.7 Å². The Hall–Kier alpha value is -1.88. The molecule has 1 aromatic rings. The van der Waals surface area contributed by atoms with Crippen molar-refractivity contribution in [2.24, 2.45) is 5.92 Å². The van der Waals surface area contributed by atoms with Crippen molar-refractivity contribution in [3.05, 3.63) is 29.3 Å². The molecule has 2 aliphatic rings. The summed E-state index contributed by atoms with van der Waals surface area (Å²) in [5, 5.41) is 2.95. The number of carbonyl (C=O) groups is 2. The third kappa shape index (κ3) is 2.61. The second-order valence-electron chi connectivity index (χ2n) is 6.36. The minimum absolute atomic E-state index is 0.0455. The highest BCUT2D eigenvalue weighted by atomic mass is 16.5. The maximum absolute atomic E-state index is 12.2. The van der Waals surface area contributed by atoms with E-state index in [9.17, 15) is 9.59 Å². The van der Waals surface area contributed by atoms with E-state index in [1.165, 1.54) is 0 Å². The molecule has 5 nitrogen and oxygen atoms in total. The average molecular weight is 302 g/mol. The van der Waals surface area contributed by atoms with Crippen molar-refractivity contribution < 1.29 is 14.3 Å². The summed E-state index contributed by atoms with van der Waals surface area (Å²) in [7, 11) is 0. The van der Waals surface area contributed by atoms with Crippen molar-refractivity contribution in [1.82, 2.24) is 5.32 Å². The van der Waals surface area contributed by atoms with Crippen LogP contribution in [0.4, 0.5) is 5.69 Å². The van der Waals surface area contributed by atoms with Crippen molar-refractivity contribution in [1.29, 1.82) is 0 Å². The van der Waals surface area contributed by atoms with Crippen LogP contribution in [0.1, 0.15) is 36.7 Å². The van der Waals surface area contributed by atoms with Gasteiger partial charge in [-0.25, -0.2) is 0 Å². The van der Waals surface area contributed by atoms with Crippen molar-refractivity contribution in [3.63, 3.8) is 0 Å². The van der Waals surface area contributed by atoms with Crippen molar-refractivity contribution in [2.45, 2.75) is 39.3 Å². The van der Waals surface area contributed by atoms with E-state index in [1.807, 2.05) is 17.0 Å². The number of anilines is 1. The molecular weight excluding hydrogens is 280 g/mol. The molecule has 2 heterocycles. The number of nitrogens with one attached hydrogen (secondary N) is 1. The van der Waals surface area contributed by atoms with E-state index in [4.69, 9.17) is 4.74 Å². The van der Waals surface area contributed by atoms with Crippen LogP contribution in [0.2, 0.25) is 0 Å². The zero-order valence-electron chi connectivity index (χ0n) is 13.3. The third-order valence-corrected chi connectivity index (χ3v) is 4.69. The fourth-order valence-electron chi connectivity index (χ4n) is 3.16. The predicted octanol–water partition coefficient (Wildman–Crippen LogP) is 1.75. The average Bonchev–Trinajstić information content (AvgIpc) is 2.43. The number of nitrogens with zero attached hydrogens (tertiary/aromatic N) is 1. The molecular formula is C17H22N2O3. The molecule has 0 radical (unpaired) electrons. The summed E-state index contributed by atoms with van der Waals surface area (Å²) in [6.07, 6.45) is 0.883. The first kappa shape index (κ1) is 15.0. The van der Waals surface area contributed by atoms with Gasteiger partial charge in [0.25, 0.3) is 5.91 Å². The number of amides is 2. The number of hydrogen-bond acceptors (Lipinski definition) is 3. The molecule has 0 aromatic heterocycles. The van der Waals surface area contributed by atoms with Gasteiger partial charge in [-0.15, -0.1) is 0 Å². The molecule has 5 heteroatoms. The second-order valence-corrected chi connectivity index (χ2v) is 6.36. The quantitative estimate of drug-likeness (QED) is 0.905. The lowest BCUT2D eigenvalue weighted by molar-refractivity contribution is -0.117. The summed E-state index contributed by atoms with van der Waals surface area (Å²) < 4.78 is 5.07. The van der Waals surface area contributed by atoms with E-state index in [2.05, 4.69) is 19.2 Å². The van der Waals surface area contributed by atoms with Crippen LogP contribution in [0.3, 0.4) is 0 Å². The number of rotatable bonds is 2. The van der Waals surface area contributed by atoms with E-state index >= 15 is 0 Å². The molecule has 1 saturated heterocycles. The Kier molecular flexibility index (Phi) is 3.91. The Morgan fingerprint density at radius 3 is 2.59 bits per heavy atom. The molecule has 3 rings (SSSR count). The van der Waals surface area contributed by atoms with Gasteiger partial charge in [0.1, 0.15) is 0 Å². The zero-order chi connectivity index (χ0) is 15.9. The van der Waals surface area contributed by atoms with E-state index in [0.717, 1.165) is 17.7 Å². The molecule has 0 bridgehead atoms. The fraction of sp³-hybridized carbons (Fsp3) is 0.529. The van der Waals surface area contributed by atoms with Crippen LogP contribution in [0.25, 0.3) is 0 Å². The molecule has 1 N–H and O–H groups in total. The maximum Gasteiger partial charge on any atom is 0.251 e. The Labute approximate surface area is 130 Å². The van der Waals surface area contributed by atoms with Gasteiger partial charge >= 0.3 is 0 Å². The standard InChI is InChI=1S/C17H22N2O3/c1-10-6-14-7-13(17(21)18-15-8-22-9-15)4-5-16(14)19(11(10)2)12(3)20/h4-5,7,10-11,15H,6,8-9H2,1-3H3,(H,18,21)/t10-,11+/m1/s1. The molecule has 118 valence electrons. The number of fused-ring (bicyclic) bond motifs is 1. The Balaban J connectivity index is 1.87. The van der Waals surface area contributed by atoms with E-state index in [-0.39, 0.29) is 23.9 Å². The Morgan fingerprint density at radius 2 is 2.00 bits per heavy atom. The molecule has 0 spiro atoms. The van der Waals surface area contributed by atoms with E-state index in [1.54, 1.807) is 13.0 Å². The van der Waals surface area contributed by atoms with Crippen LogP contribution < -0.4 is 10.2 Å². The molecule has 1 fully saturated rings. The van der Waals surface area contributed by atoms with Crippen molar-refractivity contribution in [2.75, 3.05) is 18.1 Å². The summed E-state index contributed by atoms with van der Waals surface area (Å²) >= 11 is 0. The molecule has 2 atom stereocenters. The summed E-state index contributed by atoms with van der Waals surface area (Å²) in [6.45, 7) is 6.98. The first-order valence-electron chi connectivity index (χ1n) is 7.78. The Morgan fingerprint density at radius 1 is 1.27 bits per heavy atom. The van der Waals surface area contributed by atoms with Gasteiger partial charge in [0.05, 0.1) is 19.3 Å². The lowest BCUT2D eigenvalue weighted by Gasteiger charge is -2.39. The fourth-order valence-corrected chi connectivity index (χ4v) is 3.16. The monoisotopic (exact) mass is 302 g/mol. The highest BCUT2D eigenvalue weighted by Gasteiger charge is 2.31. The topological polar surface area (TPSA) is 58.6 Å². The second kappa shape index (κ2) is 5.72. The first-order chi connectivity index (χ1) is 10.5. The minimum Gasteiger partial charge on any atom is -0.377 e. The van der Waals surface area contributed by atoms with E-state index < -0.39 is 0 Å². The summed E-state index contributed by atoms with van der Waals surface area (Å²) in [4.78, 5) is 26.0. The molecule has 0 saturated carbocycles. The smallest absolute Gasteiger partial charge is 0.251 e. The van der Waals surface area contributed by atoms with Crippen molar-refractivity contribution >= 4 is 17.5 Å². The number of ether oxygens (including phenoxy) is 1. The van der Waals surface area contributed by atoms with Crippen LogP contribution in [0.15, 0.2) is 18.2 Å². The maximum atomic E-state index is 12.2. The van der Waals surface area contributed by atoms with Crippen LogP contribution in [-0.2, 0) is 16.0 Å². The first-order valence-corrected chi connectivity index (χ1v) is 7.78. The van der Waals surface area contributed by atoms with Gasteiger partial charge in [-0.2, -0.15) is 0 Å². The van der Waals surface area contributed by atoms with Crippen LogP contribution in [-0.4, -0.2) is 37.1 Å². The summed E-state index contributed by atoms with van der Waals surface area (Å²) in [6, 6.07) is 5.91. The van der Waals surface area contributed by atoms with Gasteiger partial charge in [0, 0.05) is 24.2 Å². The van der Waals surface area contributed by atoms with Gasteiger partial charge in [-0.05, 0) is 43.0 Å². The van der Waals surface area contributed by atoms with Gasteiger partial charge in [0.2, 0.25) is 5.91 Å². The zero-order valence-corrected chi connectivity index (χ0v) is 13.3. The highest BCUT2D eigenvalue weighted by molar-refractivity contribution is 5.97. The van der Waals surface area contributed by atoms with Crippen LogP contribution in [0.5, 0.6) is 0 Å². The highest BCUT2D eigenvalue weighted by Crippen LogP contribution is 2.34. The number of hydrogen-bond donors (Lipinski definition) is 1. The number of benzene rings is 1. The minimum atomic E-state index is -0.0725. The third-order valence-electron chi connectivity index (χ3n) is 4.69. The Bertz CT molecular complexity index is 610. The SMILES string of the molecule is CC(=O)N1c2ccc(C(=O)NC3COC3)cc2C[C@@H](C)[C@@H]1C. The molecule has 22 heavy (non-hydrogen) atoms. The van der Waals surface area contributed by atoms with Crippen LogP contribution >= 0.6 is 0 Å². The molecule has 0 unspecified atom stereocenters. The van der Waals surface area contributed by atoms with Gasteiger partial charge in [-0.1, -0.05) is 6.92 Å². The molecule has 1 aromatic carbocycles. The van der Waals surface area contributed by atoms with Gasteiger partial charge in [-0.3, -0.25) is 9.59 Å². The molecule has 2 amide bonds. The predicted molar refractivity (Wildman–Crippen MR) is 84.0 cm³/mol. The van der Waals surface area contributed by atoms with Gasteiger partial charge in [0.15, 0.2) is 0 Å². The van der Waals surface area contributed by atoms with Gasteiger partial charge < -0.3 is 15.0 Å². The summed E-state index contributed by atoms with van der Waals surface area (Å²) in [5.74, 6) is 0.343. The molecule has 0 aliphatic carbocycles. The van der Waals surface area contributed by atoms with Crippen LogP contribution in [0, 0.1) is 5.92 Å². The van der Waals surface area contributed by atoms with Crippen molar-refractivity contribution in [3.8, 4) is 0 Å².